The van der Waals surface area contributed by atoms with E-state index in [1.165, 1.54) is 116 Å². The highest BCUT2D eigenvalue weighted by molar-refractivity contribution is 7.47. The van der Waals surface area contributed by atoms with Crippen molar-refractivity contribution < 1.29 is 80.2 Å². The predicted octanol–water partition coefficient (Wildman–Crippen LogP) is 23.6. The van der Waals surface area contributed by atoms with Gasteiger partial charge in [-0.15, -0.1) is 0 Å². The number of esters is 4. The molecule has 17 nitrogen and oxygen atoms in total. The zero-order valence-corrected chi connectivity index (χ0v) is 66.3. The summed E-state index contributed by atoms with van der Waals surface area (Å²) in [6, 6.07) is 0. The number of unbranched alkanes of at least 4 members (excludes halogenated alkanes) is 34. The fourth-order valence-electron chi connectivity index (χ4n) is 10.9. The number of ether oxygens (including phenoxy) is 4. The van der Waals surface area contributed by atoms with Gasteiger partial charge in [0.05, 0.1) is 26.4 Å². The summed E-state index contributed by atoms with van der Waals surface area (Å²) in [6.07, 6.45) is 79.7. The SMILES string of the molecule is CC/C=C\C/C=C\C/C=C\C/C=C\C/C=C\C/C=C\CCC(=O)OC[C@H](COP(=O)(O)OC[C@@H](O)COP(=O)(O)OC[C@@H](COC(=O)CCCCCCC/C=C\CCCCCCCC)OC(=O)CCCCCCCCCCCCCCC)OC(=O)CCCCCCCCC/C=C\CCCCCC. The molecule has 0 aromatic heterocycles. The van der Waals surface area contributed by atoms with Crippen molar-refractivity contribution in [2.75, 3.05) is 39.6 Å². The van der Waals surface area contributed by atoms with Crippen LogP contribution in [-0.4, -0.2) is 96.7 Å². The lowest BCUT2D eigenvalue weighted by atomic mass is 10.0. The smallest absolute Gasteiger partial charge is 0.462 e. The minimum atomic E-state index is -4.99. The van der Waals surface area contributed by atoms with Gasteiger partial charge in [0.2, 0.25) is 0 Å². The number of allylic oxidation sites excluding steroid dienone is 16. The van der Waals surface area contributed by atoms with Gasteiger partial charge < -0.3 is 33.8 Å². The maximum Gasteiger partial charge on any atom is 0.472 e. The Hall–Kier alpha value is -4.02. The van der Waals surface area contributed by atoms with E-state index in [-0.39, 0.29) is 25.7 Å². The topological polar surface area (TPSA) is 237 Å². The first-order valence-electron chi connectivity index (χ1n) is 40.5. The Morgan fingerprint density at radius 1 is 0.284 bits per heavy atom. The van der Waals surface area contributed by atoms with Gasteiger partial charge in [0.1, 0.15) is 19.3 Å². The molecule has 2 unspecified atom stereocenters. The van der Waals surface area contributed by atoms with E-state index in [2.05, 4.69) is 107 Å². The second-order valence-corrected chi connectivity index (χ2v) is 29.9. The molecule has 0 rings (SSSR count). The minimum absolute atomic E-state index is 0.0360. The van der Waals surface area contributed by atoms with Crippen LogP contribution in [0.4, 0.5) is 0 Å². The van der Waals surface area contributed by atoms with E-state index < -0.39 is 97.5 Å². The van der Waals surface area contributed by atoms with Crippen molar-refractivity contribution in [3.63, 3.8) is 0 Å². The number of phosphoric ester groups is 2. The molecule has 0 fully saturated rings. The molecule has 0 bridgehead atoms. The predicted molar refractivity (Wildman–Crippen MR) is 418 cm³/mol. The quantitative estimate of drug-likeness (QED) is 0.0169. The van der Waals surface area contributed by atoms with Crippen LogP contribution in [-0.2, 0) is 65.4 Å². The number of phosphoric acid groups is 2. The van der Waals surface area contributed by atoms with E-state index >= 15 is 0 Å². The van der Waals surface area contributed by atoms with Crippen molar-refractivity contribution in [3.8, 4) is 0 Å². The standard InChI is InChI=1S/C83H146O17P2/c1-5-9-13-17-21-25-29-33-36-37-38-39-42-45-48-52-56-60-64-68-81(86)94-74-79(100-83(88)70-66-62-58-54-50-46-41-35-31-27-23-19-15-11-7-3)76-98-102(91,92)96-72-77(84)71-95-101(89,90)97-75-78(99-82(87)69-65-61-57-53-49-43-32-28-24-20-16-12-8-4)73-93-80(85)67-63-59-55-51-47-44-40-34-30-26-22-18-14-10-6-2/h9,13,21,25,27,31,33-34,36,38-40,45,48,56,60,77-79,84H,5-8,10-12,14-20,22-24,26,28-30,32,35,37,41-44,46-47,49-55,57-59,61-76H2,1-4H3,(H,89,90)(H,91,92)/b13-9-,25-21-,31-27-,36-33-,39-38-,40-34-,48-45-,60-56-/t77-,78+,79+/m0/s1. The summed E-state index contributed by atoms with van der Waals surface area (Å²) in [4.78, 5) is 73.0. The van der Waals surface area contributed by atoms with Crippen LogP contribution >= 0.6 is 15.6 Å². The summed E-state index contributed by atoms with van der Waals surface area (Å²) >= 11 is 0. The summed E-state index contributed by atoms with van der Waals surface area (Å²) in [6.45, 7) is 4.69. The number of carbonyl (C=O) groups is 4. The highest BCUT2D eigenvalue weighted by Gasteiger charge is 2.30. The first-order chi connectivity index (χ1) is 49.7. The van der Waals surface area contributed by atoms with E-state index in [1.54, 1.807) is 0 Å². The lowest BCUT2D eigenvalue weighted by molar-refractivity contribution is -0.161. The Morgan fingerprint density at radius 3 is 0.853 bits per heavy atom. The molecule has 0 amide bonds. The van der Waals surface area contributed by atoms with Crippen LogP contribution in [0.25, 0.3) is 0 Å². The maximum absolute atomic E-state index is 13.1. The molecule has 0 aliphatic heterocycles. The van der Waals surface area contributed by atoms with Gasteiger partial charge in [0.15, 0.2) is 12.2 Å². The van der Waals surface area contributed by atoms with Gasteiger partial charge >= 0.3 is 39.5 Å². The normalized spacial score (nSPS) is 14.4. The van der Waals surface area contributed by atoms with Gasteiger partial charge in [-0.25, -0.2) is 9.13 Å². The Labute approximate surface area is 620 Å². The van der Waals surface area contributed by atoms with Crippen molar-refractivity contribution in [2.45, 2.75) is 367 Å². The molecular formula is C83H146O17P2. The lowest BCUT2D eigenvalue weighted by Gasteiger charge is -2.21. The van der Waals surface area contributed by atoms with Crippen molar-refractivity contribution in [3.05, 3.63) is 97.2 Å². The Morgan fingerprint density at radius 2 is 0.529 bits per heavy atom. The van der Waals surface area contributed by atoms with Crippen LogP contribution in [0.1, 0.15) is 349 Å². The summed E-state index contributed by atoms with van der Waals surface area (Å²) in [5.41, 5.74) is 0. The van der Waals surface area contributed by atoms with Gasteiger partial charge in [-0.05, 0) is 116 Å². The zero-order valence-electron chi connectivity index (χ0n) is 64.5. The molecule has 19 heteroatoms. The molecule has 5 atom stereocenters. The highest BCUT2D eigenvalue weighted by Crippen LogP contribution is 2.45. The fourth-order valence-corrected chi connectivity index (χ4v) is 12.5. The molecule has 0 aromatic rings. The van der Waals surface area contributed by atoms with Crippen molar-refractivity contribution in [1.82, 2.24) is 0 Å². The summed E-state index contributed by atoms with van der Waals surface area (Å²) < 4.78 is 68.5. The molecule has 0 aliphatic rings. The molecule has 102 heavy (non-hydrogen) atoms. The maximum atomic E-state index is 13.1. The molecular weight excluding hydrogens is 1330 g/mol. The Bertz CT molecular complexity index is 2310. The molecule has 0 radical (unpaired) electrons. The molecule has 0 heterocycles. The third-order valence-corrected chi connectivity index (χ3v) is 18.9. The van der Waals surface area contributed by atoms with E-state index in [9.17, 15) is 43.2 Å². The molecule has 3 N–H and O–H groups in total. The first-order valence-corrected chi connectivity index (χ1v) is 43.5. The Kier molecular flexibility index (Phi) is 72.3. The lowest BCUT2D eigenvalue weighted by Crippen LogP contribution is -2.30. The van der Waals surface area contributed by atoms with Crippen LogP contribution in [0.2, 0.25) is 0 Å². The third kappa shape index (κ3) is 74.3. The first kappa shape index (κ1) is 98.0. The average molecular weight is 1480 g/mol. The van der Waals surface area contributed by atoms with Gasteiger partial charge in [0.25, 0.3) is 0 Å². The number of carbonyl (C=O) groups excluding carboxylic acids is 4. The number of rotatable bonds is 76. The third-order valence-electron chi connectivity index (χ3n) is 17.0. The van der Waals surface area contributed by atoms with E-state index in [0.29, 0.717) is 32.1 Å². The largest absolute Gasteiger partial charge is 0.472 e. The van der Waals surface area contributed by atoms with E-state index in [0.717, 1.165) is 148 Å². The molecule has 0 saturated heterocycles. The van der Waals surface area contributed by atoms with E-state index in [1.807, 2.05) is 18.2 Å². The van der Waals surface area contributed by atoms with Crippen LogP contribution in [0.3, 0.4) is 0 Å². The number of hydrogen-bond donors (Lipinski definition) is 3. The van der Waals surface area contributed by atoms with Crippen molar-refractivity contribution in [2.24, 2.45) is 0 Å². The highest BCUT2D eigenvalue weighted by atomic mass is 31.2. The van der Waals surface area contributed by atoms with Crippen LogP contribution < -0.4 is 0 Å². The molecule has 0 saturated carbocycles. The zero-order chi connectivity index (χ0) is 74.6. The van der Waals surface area contributed by atoms with Crippen LogP contribution in [0.15, 0.2) is 97.2 Å². The monoisotopic (exact) mass is 1480 g/mol. The van der Waals surface area contributed by atoms with Crippen molar-refractivity contribution in [1.29, 1.82) is 0 Å². The molecule has 0 aliphatic carbocycles. The van der Waals surface area contributed by atoms with Gasteiger partial charge in [-0.2, -0.15) is 0 Å². The average Bonchev–Trinajstić information content (AvgIpc) is 0.924. The number of hydrogen-bond acceptors (Lipinski definition) is 15. The van der Waals surface area contributed by atoms with Crippen LogP contribution in [0.5, 0.6) is 0 Å². The molecule has 590 valence electrons. The summed E-state index contributed by atoms with van der Waals surface area (Å²) in [5, 5.41) is 10.6. The van der Waals surface area contributed by atoms with Gasteiger partial charge in [-0.1, -0.05) is 305 Å². The fraction of sp³-hybridized carbons (Fsp3) is 0.759. The molecule has 0 aromatic carbocycles. The van der Waals surface area contributed by atoms with Gasteiger partial charge in [0, 0.05) is 25.7 Å². The number of aliphatic hydroxyl groups excluding tert-OH is 1. The summed E-state index contributed by atoms with van der Waals surface area (Å²) in [5.74, 6) is -2.26. The summed E-state index contributed by atoms with van der Waals surface area (Å²) in [7, 11) is -9.97. The van der Waals surface area contributed by atoms with Crippen molar-refractivity contribution >= 4 is 39.5 Å². The second-order valence-electron chi connectivity index (χ2n) is 27.0. The van der Waals surface area contributed by atoms with Crippen LogP contribution in [0, 0.1) is 0 Å². The molecule has 0 spiro atoms. The number of aliphatic hydroxyl groups is 1. The van der Waals surface area contributed by atoms with E-state index in [4.69, 9.17) is 37.0 Å². The minimum Gasteiger partial charge on any atom is -0.462 e. The van der Waals surface area contributed by atoms with Gasteiger partial charge in [-0.3, -0.25) is 37.3 Å². The Balaban J connectivity index is 5.40. The second kappa shape index (κ2) is 75.2.